The van der Waals surface area contributed by atoms with E-state index in [9.17, 15) is 4.79 Å². The molecule has 0 atom stereocenters. The average Bonchev–Trinajstić information content (AvgIpc) is 2.76. The monoisotopic (exact) mass is 232 g/mol. The number of ether oxygens (including phenoxy) is 1. The Bertz CT molecular complexity index is 380. The number of aldehydes is 1. The van der Waals surface area contributed by atoms with E-state index in [0.29, 0.717) is 12.5 Å². The van der Waals surface area contributed by atoms with Crippen molar-refractivity contribution in [3.63, 3.8) is 0 Å². The first kappa shape index (κ1) is 12.2. The van der Waals surface area contributed by atoms with Gasteiger partial charge >= 0.3 is 0 Å². The van der Waals surface area contributed by atoms with E-state index in [-0.39, 0.29) is 0 Å². The lowest BCUT2D eigenvalue weighted by molar-refractivity contribution is -0.107. The third kappa shape index (κ3) is 2.87. The maximum absolute atomic E-state index is 10.6. The Morgan fingerprint density at radius 1 is 1.24 bits per heavy atom. The van der Waals surface area contributed by atoms with Crippen molar-refractivity contribution in [1.29, 1.82) is 0 Å². The first-order chi connectivity index (χ1) is 8.20. The predicted octanol–water partition coefficient (Wildman–Crippen LogP) is 3.37. The van der Waals surface area contributed by atoms with Crippen LogP contribution in [0.2, 0.25) is 0 Å². The summed E-state index contributed by atoms with van der Waals surface area (Å²) in [6.07, 6.45) is 6.78. The predicted molar refractivity (Wildman–Crippen MR) is 68.6 cm³/mol. The first-order valence-electron chi connectivity index (χ1n) is 6.41. The molecule has 92 valence electrons. The molecule has 2 rings (SSSR count). The van der Waals surface area contributed by atoms with E-state index in [4.69, 9.17) is 4.74 Å². The highest BCUT2D eigenvalue weighted by Crippen LogP contribution is 2.27. The average molecular weight is 232 g/mol. The van der Waals surface area contributed by atoms with Gasteiger partial charge in [-0.3, -0.25) is 0 Å². The fraction of sp³-hybridized carbons (Fsp3) is 0.533. The van der Waals surface area contributed by atoms with Gasteiger partial charge in [-0.15, -0.1) is 0 Å². The van der Waals surface area contributed by atoms with Crippen molar-refractivity contribution in [2.24, 2.45) is 0 Å². The number of carbonyl (C=O) groups is 1. The van der Waals surface area contributed by atoms with Gasteiger partial charge in [0.05, 0.1) is 6.10 Å². The van der Waals surface area contributed by atoms with Crippen molar-refractivity contribution in [2.45, 2.75) is 52.1 Å². The molecule has 1 aliphatic carbocycles. The van der Waals surface area contributed by atoms with Gasteiger partial charge in [0.25, 0.3) is 0 Å². The Balaban J connectivity index is 2.15. The van der Waals surface area contributed by atoms with Crippen LogP contribution in [-0.2, 0) is 11.2 Å². The normalized spacial score (nSPS) is 16.1. The zero-order valence-corrected chi connectivity index (χ0v) is 10.7. The second kappa shape index (κ2) is 5.35. The zero-order valence-electron chi connectivity index (χ0n) is 10.7. The van der Waals surface area contributed by atoms with Gasteiger partial charge in [0.2, 0.25) is 0 Å². The summed E-state index contributed by atoms with van der Waals surface area (Å²) in [5, 5.41) is 0. The summed E-state index contributed by atoms with van der Waals surface area (Å²) in [6, 6.07) is 4.12. The molecule has 17 heavy (non-hydrogen) atoms. The number of benzene rings is 1. The van der Waals surface area contributed by atoms with E-state index in [1.54, 1.807) is 0 Å². The molecule has 0 heterocycles. The Morgan fingerprint density at radius 2 is 1.82 bits per heavy atom. The fourth-order valence-electron chi connectivity index (χ4n) is 2.63. The number of hydrogen-bond donors (Lipinski definition) is 0. The molecular weight excluding hydrogens is 212 g/mol. The molecule has 0 spiro atoms. The number of hydrogen-bond acceptors (Lipinski definition) is 2. The van der Waals surface area contributed by atoms with Gasteiger partial charge in [-0.05, 0) is 68.4 Å². The summed E-state index contributed by atoms with van der Waals surface area (Å²) < 4.78 is 5.98. The van der Waals surface area contributed by atoms with Crippen molar-refractivity contribution in [2.75, 3.05) is 0 Å². The Kier molecular flexibility index (Phi) is 3.82. The van der Waals surface area contributed by atoms with Gasteiger partial charge in [0.15, 0.2) is 0 Å². The second-order valence-corrected chi connectivity index (χ2v) is 4.93. The van der Waals surface area contributed by atoms with E-state index in [1.165, 1.54) is 25.7 Å². The number of carbonyl (C=O) groups excluding carboxylic acids is 1. The van der Waals surface area contributed by atoms with Crippen LogP contribution >= 0.6 is 0 Å². The van der Waals surface area contributed by atoms with Gasteiger partial charge in [-0.25, -0.2) is 0 Å². The van der Waals surface area contributed by atoms with Crippen LogP contribution in [0.15, 0.2) is 12.1 Å². The van der Waals surface area contributed by atoms with Gasteiger partial charge in [-0.1, -0.05) is 0 Å². The fourth-order valence-corrected chi connectivity index (χ4v) is 2.63. The van der Waals surface area contributed by atoms with Gasteiger partial charge < -0.3 is 9.53 Å². The summed E-state index contributed by atoms with van der Waals surface area (Å²) in [5.74, 6) is 0.960. The van der Waals surface area contributed by atoms with Crippen molar-refractivity contribution in [3.05, 3.63) is 28.8 Å². The van der Waals surface area contributed by atoms with Crippen molar-refractivity contribution in [3.8, 4) is 5.75 Å². The summed E-state index contributed by atoms with van der Waals surface area (Å²) in [6.45, 7) is 4.10. The van der Waals surface area contributed by atoms with Crippen LogP contribution in [0.1, 0.15) is 42.4 Å². The van der Waals surface area contributed by atoms with Crippen LogP contribution in [-0.4, -0.2) is 12.4 Å². The molecule has 0 unspecified atom stereocenters. The van der Waals surface area contributed by atoms with Crippen LogP contribution in [0.4, 0.5) is 0 Å². The molecule has 0 amide bonds. The molecule has 2 heteroatoms. The van der Waals surface area contributed by atoms with Crippen molar-refractivity contribution in [1.82, 2.24) is 0 Å². The van der Waals surface area contributed by atoms with Crippen LogP contribution in [0, 0.1) is 13.8 Å². The molecule has 0 bridgehead atoms. The Morgan fingerprint density at radius 3 is 2.35 bits per heavy atom. The number of rotatable bonds is 4. The summed E-state index contributed by atoms with van der Waals surface area (Å²) in [4.78, 5) is 10.6. The highest BCUT2D eigenvalue weighted by atomic mass is 16.5. The van der Waals surface area contributed by atoms with E-state index < -0.39 is 0 Å². The highest BCUT2D eigenvalue weighted by molar-refractivity contribution is 5.58. The molecular formula is C15H20O2. The third-order valence-corrected chi connectivity index (χ3v) is 3.56. The SMILES string of the molecule is Cc1cc(OC2CCCC2)cc(C)c1CC=O. The van der Waals surface area contributed by atoms with Crippen LogP contribution in [0.25, 0.3) is 0 Å². The lowest BCUT2D eigenvalue weighted by atomic mass is 10.00. The molecule has 1 saturated carbocycles. The van der Waals surface area contributed by atoms with Crippen molar-refractivity contribution >= 4 is 6.29 Å². The number of aryl methyl sites for hydroxylation is 2. The minimum absolute atomic E-state index is 0.394. The molecule has 0 radical (unpaired) electrons. The zero-order chi connectivity index (χ0) is 12.3. The smallest absolute Gasteiger partial charge is 0.124 e. The minimum atomic E-state index is 0.394. The molecule has 1 aromatic rings. The molecule has 1 aromatic carbocycles. The summed E-state index contributed by atoms with van der Waals surface area (Å²) >= 11 is 0. The standard InChI is InChI=1S/C15H20O2/c1-11-9-14(17-13-5-3-4-6-13)10-12(2)15(11)7-8-16/h8-10,13H,3-7H2,1-2H3. The maximum Gasteiger partial charge on any atom is 0.124 e. The van der Waals surface area contributed by atoms with E-state index >= 15 is 0 Å². The highest BCUT2D eigenvalue weighted by Gasteiger charge is 2.17. The van der Waals surface area contributed by atoms with Gasteiger partial charge in [0.1, 0.15) is 12.0 Å². The molecule has 1 fully saturated rings. The molecule has 0 aliphatic heterocycles. The summed E-state index contributed by atoms with van der Waals surface area (Å²) in [7, 11) is 0. The van der Waals surface area contributed by atoms with E-state index in [0.717, 1.165) is 28.7 Å². The van der Waals surface area contributed by atoms with Gasteiger partial charge in [-0.2, -0.15) is 0 Å². The van der Waals surface area contributed by atoms with Gasteiger partial charge in [0, 0.05) is 6.42 Å². The Hall–Kier alpha value is -1.31. The maximum atomic E-state index is 10.6. The second-order valence-electron chi connectivity index (χ2n) is 4.93. The minimum Gasteiger partial charge on any atom is -0.490 e. The van der Waals surface area contributed by atoms with Crippen molar-refractivity contribution < 1.29 is 9.53 Å². The van der Waals surface area contributed by atoms with Crippen LogP contribution in [0.5, 0.6) is 5.75 Å². The largest absolute Gasteiger partial charge is 0.490 e. The molecule has 0 saturated heterocycles. The summed E-state index contributed by atoms with van der Waals surface area (Å²) in [5.41, 5.74) is 3.45. The first-order valence-corrected chi connectivity index (χ1v) is 6.41. The van der Waals surface area contributed by atoms with E-state index in [2.05, 4.69) is 12.1 Å². The van der Waals surface area contributed by atoms with Crippen LogP contribution in [0.3, 0.4) is 0 Å². The quantitative estimate of drug-likeness (QED) is 0.744. The Labute approximate surface area is 103 Å². The molecule has 0 aromatic heterocycles. The lowest BCUT2D eigenvalue weighted by Gasteiger charge is -2.16. The molecule has 0 N–H and O–H groups in total. The topological polar surface area (TPSA) is 26.3 Å². The molecule has 2 nitrogen and oxygen atoms in total. The van der Waals surface area contributed by atoms with Crippen LogP contribution < -0.4 is 4.74 Å². The van der Waals surface area contributed by atoms with E-state index in [1.807, 2.05) is 13.8 Å². The lowest BCUT2D eigenvalue weighted by Crippen LogP contribution is -2.11. The third-order valence-electron chi connectivity index (χ3n) is 3.56. The molecule has 1 aliphatic rings.